The molecule has 4 rings (SSSR count). The second kappa shape index (κ2) is 6.50. The van der Waals surface area contributed by atoms with Crippen LogP contribution in [0, 0.1) is 6.92 Å². The Morgan fingerprint density at radius 1 is 0.889 bits per heavy atom. The van der Waals surface area contributed by atoms with E-state index in [-0.39, 0.29) is 0 Å². The Labute approximate surface area is 155 Å². The summed E-state index contributed by atoms with van der Waals surface area (Å²) in [7, 11) is 0. The topological polar surface area (TPSA) is 29.5 Å². The summed E-state index contributed by atoms with van der Waals surface area (Å²) in [6, 6.07) is 21.2. The molecule has 0 radical (unpaired) electrons. The van der Waals surface area contributed by atoms with Crippen molar-refractivity contribution in [2.75, 3.05) is 4.90 Å². The van der Waals surface area contributed by atoms with Gasteiger partial charge in [0.2, 0.25) is 0 Å². The Bertz CT molecular complexity index is 971. The molecule has 1 atom stereocenters. The molecule has 5 heteroatoms. The molecule has 0 aromatic heterocycles. The van der Waals surface area contributed by atoms with Crippen LogP contribution in [0.4, 0.5) is 14.5 Å². The molecule has 0 aliphatic carbocycles. The molecule has 0 bridgehead atoms. The molecule has 3 aromatic carbocycles. The lowest BCUT2D eigenvalue weighted by molar-refractivity contribution is -0.162. The minimum atomic E-state index is -3.45. The molecule has 1 aliphatic rings. The zero-order valence-electron chi connectivity index (χ0n) is 14.6. The molecule has 3 aromatic rings. The van der Waals surface area contributed by atoms with Gasteiger partial charge < -0.3 is 4.74 Å². The van der Waals surface area contributed by atoms with Crippen LogP contribution in [0.25, 0.3) is 0 Å². The second-order valence-electron chi connectivity index (χ2n) is 6.49. The Hall–Kier alpha value is -3.21. The molecule has 1 aliphatic heterocycles. The third-order valence-electron chi connectivity index (χ3n) is 4.59. The van der Waals surface area contributed by atoms with Crippen LogP contribution in [-0.2, 0) is 4.79 Å². The van der Waals surface area contributed by atoms with E-state index in [2.05, 4.69) is 0 Å². The third kappa shape index (κ3) is 2.95. The van der Waals surface area contributed by atoms with E-state index in [1.165, 1.54) is 0 Å². The van der Waals surface area contributed by atoms with E-state index in [9.17, 15) is 13.6 Å². The lowest BCUT2D eigenvalue weighted by atomic mass is 9.88. The van der Waals surface area contributed by atoms with E-state index in [1.807, 2.05) is 25.1 Å². The predicted octanol–water partition coefficient (Wildman–Crippen LogP) is 5.51. The van der Waals surface area contributed by atoms with Crippen LogP contribution in [0.15, 0.2) is 78.9 Å². The van der Waals surface area contributed by atoms with Crippen molar-refractivity contribution in [1.29, 1.82) is 0 Å². The summed E-state index contributed by atoms with van der Waals surface area (Å²) in [6.45, 7) is 1.88. The molecule has 0 N–H and O–H groups in total. The number of carbonyl (C=O) groups is 1. The van der Waals surface area contributed by atoms with Gasteiger partial charge in [0.25, 0.3) is 0 Å². The smallest absolute Gasteiger partial charge is 0.349 e. The fourth-order valence-electron chi connectivity index (χ4n) is 3.20. The number of hydrogen-bond donors (Lipinski definition) is 0. The maximum Gasteiger partial charge on any atom is 0.349 e. The molecule has 27 heavy (non-hydrogen) atoms. The van der Waals surface area contributed by atoms with Gasteiger partial charge in [-0.2, -0.15) is 8.78 Å². The van der Waals surface area contributed by atoms with Crippen molar-refractivity contribution in [2.45, 2.75) is 18.9 Å². The summed E-state index contributed by atoms with van der Waals surface area (Å²) in [5.74, 6) is -3.76. The molecule has 1 heterocycles. The first-order valence-corrected chi connectivity index (χ1v) is 8.58. The van der Waals surface area contributed by atoms with Gasteiger partial charge in [0.05, 0.1) is 5.69 Å². The Morgan fingerprint density at radius 3 is 2.22 bits per heavy atom. The quantitative estimate of drug-likeness (QED) is 0.571. The summed E-state index contributed by atoms with van der Waals surface area (Å²) in [4.78, 5) is 13.4. The minimum absolute atomic E-state index is 0.322. The van der Waals surface area contributed by atoms with Crippen molar-refractivity contribution in [2.24, 2.45) is 0 Å². The van der Waals surface area contributed by atoms with E-state index in [1.54, 1.807) is 60.7 Å². The van der Waals surface area contributed by atoms with Gasteiger partial charge in [0, 0.05) is 0 Å². The highest BCUT2D eigenvalue weighted by molar-refractivity contribution is 6.08. The molecule has 0 unspecified atom stereocenters. The number of rotatable bonds is 4. The third-order valence-corrected chi connectivity index (χ3v) is 4.59. The molecular formula is C22H17F2NO2. The first-order chi connectivity index (χ1) is 13.0. The number of hydrogen-bond acceptors (Lipinski definition) is 2. The number of halogens is 2. The average molecular weight is 365 g/mol. The zero-order valence-corrected chi connectivity index (χ0v) is 14.6. The largest absolute Gasteiger partial charge is 0.455 e. The van der Waals surface area contributed by atoms with E-state index < -0.39 is 17.9 Å². The molecule has 3 nitrogen and oxygen atoms in total. The highest BCUT2D eigenvalue weighted by Gasteiger charge is 2.65. The number of anilines is 1. The highest BCUT2D eigenvalue weighted by Crippen LogP contribution is 2.52. The van der Waals surface area contributed by atoms with Gasteiger partial charge >= 0.3 is 11.8 Å². The lowest BCUT2D eigenvalue weighted by Crippen LogP contribution is -2.64. The maximum atomic E-state index is 14.4. The number of alkyl halides is 2. The number of aryl methyl sites for hydroxylation is 1. The van der Waals surface area contributed by atoms with Crippen molar-refractivity contribution < 1.29 is 18.3 Å². The SMILES string of the molecule is Cc1ccc([C@H]2N(c3ccccc3Oc3ccccc3)C(=O)C2(F)F)cc1. The van der Waals surface area contributed by atoms with Crippen LogP contribution in [0.2, 0.25) is 0 Å². The summed E-state index contributed by atoms with van der Waals surface area (Å²) in [6.07, 6.45) is 0. The van der Waals surface area contributed by atoms with Gasteiger partial charge in [-0.1, -0.05) is 60.2 Å². The monoisotopic (exact) mass is 365 g/mol. The van der Waals surface area contributed by atoms with Crippen molar-refractivity contribution in [3.05, 3.63) is 90.0 Å². The first kappa shape index (κ1) is 17.2. The van der Waals surface area contributed by atoms with Crippen molar-refractivity contribution in [3.63, 3.8) is 0 Å². The van der Waals surface area contributed by atoms with E-state index >= 15 is 0 Å². The number of para-hydroxylation sites is 3. The number of amides is 1. The van der Waals surface area contributed by atoms with Gasteiger partial charge in [-0.25, -0.2) is 0 Å². The van der Waals surface area contributed by atoms with Gasteiger partial charge in [-0.15, -0.1) is 0 Å². The minimum Gasteiger partial charge on any atom is -0.455 e. The normalized spacial score (nSPS) is 18.1. The van der Waals surface area contributed by atoms with Crippen LogP contribution in [0.1, 0.15) is 17.2 Å². The lowest BCUT2D eigenvalue weighted by Gasteiger charge is -2.46. The molecule has 1 amide bonds. The fourth-order valence-corrected chi connectivity index (χ4v) is 3.20. The van der Waals surface area contributed by atoms with Gasteiger partial charge in [-0.3, -0.25) is 9.69 Å². The van der Waals surface area contributed by atoms with Crippen molar-refractivity contribution in [3.8, 4) is 11.5 Å². The number of nitrogens with zero attached hydrogens (tertiary/aromatic N) is 1. The van der Waals surface area contributed by atoms with Gasteiger partial charge in [-0.05, 0) is 36.8 Å². The molecule has 1 fully saturated rings. The Kier molecular flexibility index (Phi) is 4.15. The van der Waals surface area contributed by atoms with Gasteiger partial charge in [0.1, 0.15) is 11.8 Å². The van der Waals surface area contributed by atoms with E-state index in [0.29, 0.717) is 22.7 Å². The average Bonchev–Trinajstić information content (AvgIpc) is 2.68. The maximum absolute atomic E-state index is 14.4. The fraction of sp³-hybridized carbons (Fsp3) is 0.136. The molecule has 1 saturated heterocycles. The molecule has 0 spiro atoms. The van der Waals surface area contributed by atoms with Crippen LogP contribution in [-0.4, -0.2) is 11.8 Å². The van der Waals surface area contributed by atoms with Crippen LogP contribution in [0.5, 0.6) is 11.5 Å². The number of β-lactam (4-membered cyclic amide) rings is 1. The second-order valence-corrected chi connectivity index (χ2v) is 6.49. The summed E-state index contributed by atoms with van der Waals surface area (Å²) >= 11 is 0. The summed E-state index contributed by atoms with van der Waals surface area (Å²) in [5, 5.41) is 0. The number of benzene rings is 3. The van der Waals surface area contributed by atoms with Gasteiger partial charge in [0.15, 0.2) is 5.75 Å². The van der Waals surface area contributed by atoms with Crippen LogP contribution >= 0.6 is 0 Å². The molecular weight excluding hydrogens is 348 g/mol. The van der Waals surface area contributed by atoms with Crippen LogP contribution < -0.4 is 9.64 Å². The number of ether oxygens (including phenoxy) is 1. The standard InChI is InChI=1S/C22H17F2NO2/c1-15-11-13-16(14-12-15)20-22(23,24)21(26)25(20)18-9-5-6-10-19(18)27-17-7-3-2-4-8-17/h2-14,20H,1H3/t20-/m1/s1. The zero-order chi connectivity index (χ0) is 19.0. The first-order valence-electron chi connectivity index (χ1n) is 8.58. The highest BCUT2D eigenvalue weighted by atomic mass is 19.3. The van der Waals surface area contributed by atoms with Crippen molar-refractivity contribution in [1.82, 2.24) is 0 Å². The molecule has 0 saturated carbocycles. The van der Waals surface area contributed by atoms with E-state index in [0.717, 1.165) is 10.5 Å². The summed E-state index contributed by atoms with van der Waals surface area (Å²) in [5.41, 5.74) is 1.68. The summed E-state index contributed by atoms with van der Waals surface area (Å²) < 4.78 is 34.7. The number of carbonyl (C=O) groups excluding carboxylic acids is 1. The van der Waals surface area contributed by atoms with Crippen molar-refractivity contribution >= 4 is 11.6 Å². The Balaban J connectivity index is 1.73. The molecule has 136 valence electrons. The van der Waals surface area contributed by atoms with E-state index in [4.69, 9.17) is 4.74 Å². The Morgan fingerprint density at radius 2 is 1.52 bits per heavy atom. The predicted molar refractivity (Wildman–Crippen MR) is 99.3 cm³/mol. The van der Waals surface area contributed by atoms with Crippen LogP contribution in [0.3, 0.4) is 0 Å².